The lowest BCUT2D eigenvalue weighted by Crippen LogP contribution is -2.20. The van der Waals surface area contributed by atoms with Gasteiger partial charge in [0.1, 0.15) is 5.00 Å². The smallest absolute Gasteiger partial charge is 0.251 e. The van der Waals surface area contributed by atoms with Crippen LogP contribution in [0.4, 0.5) is 5.00 Å². The van der Waals surface area contributed by atoms with E-state index in [0.717, 1.165) is 29.7 Å². The maximum atomic E-state index is 12.3. The van der Waals surface area contributed by atoms with Crippen LogP contribution in [0.25, 0.3) is 0 Å². The van der Waals surface area contributed by atoms with Gasteiger partial charge in [0.25, 0.3) is 5.91 Å². The molecule has 0 aliphatic heterocycles. The molecule has 2 amide bonds. The SMILES string of the molecule is CCn1nnnc1SCC(=O)Nc1sc2c(c1C(N)=O)CCC(C)C2. The number of thiophene rings is 1. The van der Waals surface area contributed by atoms with Gasteiger partial charge in [-0.15, -0.1) is 16.4 Å². The van der Waals surface area contributed by atoms with Crippen LogP contribution >= 0.6 is 23.1 Å². The third-order valence-electron chi connectivity index (χ3n) is 4.14. The predicted octanol–water partition coefficient (Wildman–Crippen LogP) is 1.71. The van der Waals surface area contributed by atoms with E-state index in [1.54, 1.807) is 4.68 Å². The minimum Gasteiger partial charge on any atom is -0.365 e. The molecule has 1 unspecified atom stereocenters. The first-order valence-corrected chi connectivity index (χ1v) is 9.93. The molecule has 3 N–H and O–H groups in total. The number of hydrogen-bond acceptors (Lipinski definition) is 7. The molecule has 1 atom stereocenters. The van der Waals surface area contributed by atoms with Crippen molar-refractivity contribution in [2.24, 2.45) is 11.7 Å². The van der Waals surface area contributed by atoms with E-state index in [2.05, 4.69) is 27.8 Å². The molecule has 3 rings (SSSR count). The first-order chi connectivity index (χ1) is 12.0. The summed E-state index contributed by atoms with van der Waals surface area (Å²) in [6.45, 7) is 4.76. The van der Waals surface area contributed by atoms with Gasteiger partial charge in [-0.05, 0) is 48.1 Å². The standard InChI is InChI=1S/C15H20N6O2S2/c1-3-21-15(18-19-20-21)24-7-11(22)17-14-12(13(16)23)9-5-4-8(2)6-10(9)25-14/h8H,3-7H2,1-2H3,(H2,16,23)(H,17,22). The number of carbonyl (C=O) groups is 2. The summed E-state index contributed by atoms with van der Waals surface area (Å²) in [5.41, 5.74) is 7.05. The number of aryl methyl sites for hydroxylation is 1. The number of anilines is 1. The molecular weight excluding hydrogens is 360 g/mol. The monoisotopic (exact) mass is 380 g/mol. The Morgan fingerprint density at radius 3 is 3.00 bits per heavy atom. The van der Waals surface area contributed by atoms with Gasteiger partial charge >= 0.3 is 0 Å². The number of nitrogens with zero attached hydrogens (tertiary/aromatic N) is 4. The quantitative estimate of drug-likeness (QED) is 0.737. The van der Waals surface area contributed by atoms with Crippen LogP contribution in [-0.4, -0.2) is 37.8 Å². The van der Waals surface area contributed by atoms with E-state index in [0.29, 0.717) is 28.2 Å². The molecule has 8 nitrogen and oxygen atoms in total. The Hall–Kier alpha value is -1.94. The summed E-state index contributed by atoms with van der Waals surface area (Å²) < 4.78 is 1.62. The predicted molar refractivity (Wildman–Crippen MR) is 96.9 cm³/mol. The Bertz CT molecular complexity index is 800. The molecule has 10 heteroatoms. The zero-order valence-electron chi connectivity index (χ0n) is 14.1. The van der Waals surface area contributed by atoms with E-state index in [9.17, 15) is 9.59 Å². The zero-order valence-corrected chi connectivity index (χ0v) is 15.7. The number of amides is 2. The van der Waals surface area contributed by atoms with Gasteiger partial charge < -0.3 is 11.1 Å². The molecule has 2 aromatic rings. The van der Waals surface area contributed by atoms with Crippen molar-refractivity contribution in [3.8, 4) is 0 Å². The second-order valence-electron chi connectivity index (χ2n) is 6.03. The number of hydrogen-bond donors (Lipinski definition) is 2. The van der Waals surface area contributed by atoms with E-state index >= 15 is 0 Å². The Morgan fingerprint density at radius 2 is 2.28 bits per heavy atom. The Balaban J connectivity index is 1.72. The van der Waals surface area contributed by atoms with Crippen molar-refractivity contribution in [3.05, 3.63) is 16.0 Å². The molecular formula is C15H20N6O2S2. The number of nitrogens with two attached hydrogens (primary N) is 1. The van der Waals surface area contributed by atoms with Crippen LogP contribution in [0.3, 0.4) is 0 Å². The van der Waals surface area contributed by atoms with Crippen molar-refractivity contribution in [1.82, 2.24) is 20.2 Å². The molecule has 0 bridgehead atoms. The van der Waals surface area contributed by atoms with Crippen molar-refractivity contribution < 1.29 is 9.59 Å². The summed E-state index contributed by atoms with van der Waals surface area (Å²) in [5.74, 6) is 0.0611. The maximum Gasteiger partial charge on any atom is 0.251 e. The average molecular weight is 380 g/mol. The summed E-state index contributed by atoms with van der Waals surface area (Å²) >= 11 is 2.72. The van der Waals surface area contributed by atoms with Gasteiger partial charge in [-0.3, -0.25) is 9.59 Å². The van der Waals surface area contributed by atoms with Crippen molar-refractivity contribution in [3.63, 3.8) is 0 Å². The van der Waals surface area contributed by atoms with E-state index in [1.165, 1.54) is 23.1 Å². The van der Waals surface area contributed by atoms with E-state index in [1.807, 2.05) is 6.92 Å². The zero-order chi connectivity index (χ0) is 18.0. The van der Waals surface area contributed by atoms with Gasteiger partial charge in [-0.2, -0.15) is 0 Å². The summed E-state index contributed by atoms with van der Waals surface area (Å²) in [7, 11) is 0. The number of thioether (sulfide) groups is 1. The van der Waals surface area contributed by atoms with Gasteiger partial charge in [0.2, 0.25) is 11.1 Å². The lowest BCUT2D eigenvalue weighted by Gasteiger charge is -2.18. The van der Waals surface area contributed by atoms with E-state index < -0.39 is 5.91 Å². The van der Waals surface area contributed by atoms with E-state index in [4.69, 9.17) is 5.73 Å². The molecule has 25 heavy (non-hydrogen) atoms. The number of tetrazole rings is 1. The third-order valence-corrected chi connectivity index (χ3v) is 6.27. The Labute approximate surface area is 153 Å². The maximum absolute atomic E-state index is 12.3. The highest BCUT2D eigenvalue weighted by Gasteiger charge is 2.27. The fourth-order valence-electron chi connectivity index (χ4n) is 2.89. The number of carbonyl (C=O) groups excluding carboxylic acids is 2. The van der Waals surface area contributed by atoms with Crippen LogP contribution in [0.5, 0.6) is 0 Å². The number of fused-ring (bicyclic) bond motifs is 1. The first kappa shape index (κ1) is 17.9. The van der Waals surface area contributed by atoms with Crippen molar-refractivity contribution in [2.75, 3.05) is 11.1 Å². The normalized spacial score (nSPS) is 16.5. The fraction of sp³-hybridized carbons (Fsp3) is 0.533. The molecule has 0 saturated heterocycles. The van der Waals surface area contributed by atoms with Crippen LogP contribution in [0.2, 0.25) is 0 Å². The number of aromatic nitrogens is 4. The lowest BCUT2D eigenvalue weighted by molar-refractivity contribution is -0.113. The Morgan fingerprint density at radius 1 is 1.48 bits per heavy atom. The van der Waals surface area contributed by atoms with E-state index in [-0.39, 0.29) is 11.7 Å². The molecule has 0 aromatic carbocycles. The van der Waals surface area contributed by atoms with Crippen molar-refractivity contribution in [2.45, 2.75) is 44.8 Å². The van der Waals surface area contributed by atoms with Gasteiger partial charge in [-0.1, -0.05) is 18.7 Å². The molecule has 134 valence electrons. The largest absolute Gasteiger partial charge is 0.365 e. The van der Waals surface area contributed by atoms with Crippen LogP contribution in [-0.2, 0) is 24.2 Å². The van der Waals surface area contributed by atoms with Crippen LogP contribution < -0.4 is 11.1 Å². The molecule has 2 aromatic heterocycles. The molecule has 2 heterocycles. The second kappa shape index (κ2) is 7.52. The molecule has 1 aliphatic rings. The summed E-state index contributed by atoms with van der Waals surface area (Å²) in [5, 5.41) is 15.3. The van der Waals surface area contributed by atoms with Gasteiger partial charge in [0.15, 0.2) is 0 Å². The van der Waals surface area contributed by atoms with Crippen LogP contribution in [0.1, 0.15) is 41.1 Å². The molecule has 0 radical (unpaired) electrons. The average Bonchev–Trinajstić information content (AvgIpc) is 3.15. The summed E-state index contributed by atoms with van der Waals surface area (Å²) in [6.07, 6.45) is 2.80. The highest BCUT2D eigenvalue weighted by Crippen LogP contribution is 2.39. The topological polar surface area (TPSA) is 116 Å². The number of primary amides is 1. The fourth-order valence-corrected chi connectivity index (χ4v) is 5.06. The summed E-state index contributed by atoms with van der Waals surface area (Å²) in [4.78, 5) is 25.4. The second-order valence-corrected chi connectivity index (χ2v) is 8.08. The summed E-state index contributed by atoms with van der Waals surface area (Å²) in [6, 6.07) is 0. The highest BCUT2D eigenvalue weighted by molar-refractivity contribution is 7.99. The molecule has 1 aliphatic carbocycles. The highest BCUT2D eigenvalue weighted by atomic mass is 32.2. The third kappa shape index (κ3) is 3.84. The van der Waals surface area contributed by atoms with Crippen molar-refractivity contribution in [1.29, 1.82) is 0 Å². The first-order valence-electron chi connectivity index (χ1n) is 8.12. The molecule has 0 spiro atoms. The van der Waals surface area contributed by atoms with Crippen molar-refractivity contribution >= 4 is 39.9 Å². The lowest BCUT2D eigenvalue weighted by atomic mass is 9.88. The van der Waals surface area contributed by atoms with Gasteiger partial charge in [-0.25, -0.2) is 4.68 Å². The Kier molecular flexibility index (Phi) is 5.38. The van der Waals surface area contributed by atoms with Crippen LogP contribution in [0, 0.1) is 5.92 Å². The van der Waals surface area contributed by atoms with Gasteiger partial charge in [0, 0.05) is 11.4 Å². The van der Waals surface area contributed by atoms with Crippen LogP contribution in [0.15, 0.2) is 5.16 Å². The number of nitrogens with one attached hydrogen (secondary N) is 1. The van der Waals surface area contributed by atoms with Gasteiger partial charge in [0.05, 0.1) is 11.3 Å². The molecule has 0 saturated carbocycles. The minimum atomic E-state index is -0.482. The number of rotatable bonds is 6. The molecule has 0 fully saturated rings. The minimum absolute atomic E-state index is 0.164.